The molecule has 0 saturated carbocycles. The van der Waals surface area contributed by atoms with Crippen molar-refractivity contribution < 1.29 is 18.1 Å². The number of halogens is 3. The molecule has 0 saturated heterocycles. The Balaban J connectivity index is 3.13. The van der Waals surface area contributed by atoms with E-state index < -0.39 is 16.8 Å². The minimum Gasteiger partial charge on any atom is -0.379 e. The predicted octanol–water partition coefficient (Wildman–Crippen LogP) is 3.89. The van der Waals surface area contributed by atoms with E-state index in [0.717, 1.165) is 12.1 Å². The highest BCUT2D eigenvalue weighted by Crippen LogP contribution is 2.27. The van der Waals surface area contributed by atoms with Crippen LogP contribution in [0.2, 0.25) is 0 Å². The van der Waals surface area contributed by atoms with Gasteiger partial charge in [-0.15, -0.1) is 0 Å². The second-order valence-electron chi connectivity index (χ2n) is 4.36. The van der Waals surface area contributed by atoms with E-state index in [0.29, 0.717) is 6.42 Å². The molecule has 1 aromatic rings. The molecule has 0 fully saturated rings. The van der Waals surface area contributed by atoms with Crippen LogP contribution in [0, 0.1) is 10.1 Å². The molecule has 4 nitrogen and oxygen atoms in total. The van der Waals surface area contributed by atoms with Crippen LogP contribution in [0.15, 0.2) is 30.0 Å². The van der Waals surface area contributed by atoms with Crippen molar-refractivity contribution in [3.8, 4) is 0 Å². The van der Waals surface area contributed by atoms with E-state index in [9.17, 15) is 23.3 Å². The summed E-state index contributed by atoms with van der Waals surface area (Å²) in [5, 5.41) is 13.0. The molecular weight excluding hydrogens is 273 g/mol. The van der Waals surface area contributed by atoms with Crippen molar-refractivity contribution >= 4 is 11.8 Å². The normalized spacial score (nSPS) is 13.9. The predicted molar refractivity (Wildman–Crippen MR) is 70.0 cm³/mol. The van der Waals surface area contributed by atoms with Gasteiger partial charge in [0.15, 0.2) is 0 Å². The zero-order valence-corrected chi connectivity index (χ0v) is 11.1. The summed E-state index contributed by atoms with van der Waals surface area (Å²) in [7, 11) is 0. The minimum absolute atomic E-state index is 0.127. The summed E-state index contributed by atoms with van der Waals surface area (Å²) in [6.07, 6.45) is -3.13. The lowest BCUT2D eigenvalue weighted by molar-refractivity contribution is -0.384. The van der Waals surface area contributed by atoms with E-state index in [1.807, 2.05) is 0 Å². The summed E-state index contributed by atoms with van der Waals surface area (Å²) >= 11 is 0. The number of rotatable bonds is 5. The van der Waals surface area contributed by atoms with Crippen LogP contribution in [0.1, 0.15) is 25.8 Å². The average molecular weight is 288 g/mol. The highest BCUT2D eigenvalue weighted by Gasteiger charge is 2.34. The smallest absolute Gasteiger partial charge is 0.379 e. The Hall–Kier alpha value is -2.05. The molecule has 7 heteroatoms. The Bertz CT molecular complexity index is 513. The zero-order valence-electron chi connectivity index (χ0n) is 11.1. The van der Waals surface area contributed by atoms with Crippen molar-refractivity contribution in [3.05, 3.63) is 45.6 Å². The second kappa shape index (κ2) is 6.40. The summed E-state index contributed by atoms with van der Waals surface area (Å²) in [5.74, 6) is 0. The van der Waals surface area contributed by atoms with E-state index in [-0.39, 0.29) is 17.3 Å². The summed E-state index contributed by atoms with van der Waals surface area (Å²) in [6, 6.07) is 4.72. The molecule has 0 amide bonds. The van der Waals surface area contributed by atoms with Crippen molar-refractivity contribution in [2.45, 2.75) is 32.5 Å². The highest BCUT2D eigenvalue weighted by molar-refractivity contribution is 5.56. The van der Waals surface area contributed by atoms with Gasteiger partial charge >= 0.3 is 6.18 Å². The monoisotopic (exact) mass is 288 g/mol. The molecule has 0 bridgehead atoms. The standard InChI is InChI=1S/C13H15F3N2O2/c1-3-9(2)17-12(13(14,15)16)8-10-5-4-6-11(7-10)18(19)20/h4-9,17H,3H2,1-2H3/b12-8+. The number of nitrogens with one attached hydrogen (secondary N) is 1. The van der Waals surface area contributed by atoms with Gasteiger partial charge in [-0.2, -0.15) is 13.2 Å². The van der Waals surface area contributed by atoms with Gasteiger partial charge in [-0.05, 0) is 25.0 Å². The Morgan fingerprint density at radius 1 is 1.50 bits per heavy atom. The lowest BCUT2D eigenvalue weighted by Gasteiger charge is -2.18. The van der Waals surface area contributed by atoms with Gasteiger partial charge in [0.25, 0.3) is 5.69 Å². The molecule has 1 N–H and O–H groups in total. The fraction of sp³-hybridized carbons (Fsp3) is 0.385. The summed E-state index contributed by atoms with van der Waals surface area (Å²) in [6.45, 7) is 3.39. The number of nitro benzene ring substituents is 1. The number of hydrogen-bond donors (Lipinski definition) is 1. The van der Waals surface area contributed by atoms with E-state index in [1.165, 1.54) is 18.2 Å². The van der Waals surface area contributed by atoms with Gasteiger partial charge in [-0.3, -0.25) is 10.1 Å². The topological polar surface area (TPSA) is 55.2 Å². The van der Waals surface area contributed by atoms with E-state index in [1.54, 1.807) is 13.8 Å². The first kappa shape index (κ1) is 16.0. The Morgan fingerprint density at radius 3 is 2.65 bits per heavy atom. The van der Waals surface area contributed by atoms with Gasteiger partial charge in [0, 0.05) is 18.2 Å². The molecular formula is C13H15F3N2O2. The fourth-order valence-corrected chi connectivity index (χ4v) is 1.47. The molecule has 1 unspecified atom stereocenters. The van der Waals surface area contributed by atoms with Crippen molar-refractivity contribution in [2.75, 3.05) is 0 Å². The first-order valence-corrected chi connectivity index (χ1v) is 6.04. The summed E-state index contributed by atoms with van der Waals surface area (Å²) in [5.41, 5.74) is -1.03. The minimum atomic E-state index is -4.53. The number of hydrogen-bond acceptors (Lipinski definition) is 3. The molecule has 0 aliphatic rings. The number of nitro groups is 1. The van der Waals surface area contributed by atoms with Crippen LogP contribution < -0.4 is 5.32 Å². The molecule has 0 radical (unpaired) electrons. The molecule has 110 valence electrons. The maximum Gasteiger partial charge on any atom is 0.430 e. The first-order chi connectivity index (χ1) is 9.24. The van der Waals surface area contributed by atoms with Crippen LogP contribution in [-0.4, -0.2) is 17.1 Å². The molecule has 0 heterocycles. The molecule has 0 aliphatic heterocycles. The average Bonchev–Trinajstić information content (AvgIpc) is 2.37. The maximum atomic E-state index is 12.9. The Morgan fingerprint density at radius 2 is 2.15 bits per heavy atom. The third-order valence-corrected chi connectivity index (χ3v) is 2.71. The summed E-state index contributed by atoms with van der Waals surface area (Å²) in [4.78, 5) is 9.96. The quantitative estimate of drug-likeness (QED) is 0.660. The zero-order chi connectivity index (χ0) is 15.3. The van der Waals surface area contributed by atoms with Crippen molar-refractivity contribution in [2.24, 2.45) is 0 Å². The van der Waals surface area contributed by atoms with Crippen molar-refractivity contribution in [1.82, 2.24) is 5.32 Å². The van der Waals surface area contributed by atoms with Crippen LogP contribution in [0.5, 0.6) is 0 Å². The molecule has 20 heavy (non-hydrogen) atoms. The van der Waals surface area contributed by atoms with Crippen LogP contribution in [0.25, 0.3) is 6.08 Å². The van der Waals surface area contributed by atoms with Gasteiger partial charge in [0.1, 0.15) is 5.70 Å². The van der Waals surface area contributed by atoms with E-state index in [2.05, 4.69) is 5.32 Å². The van der Waals surface area contributed by atoms with Crippen LogP contribution in [0.3, 0.4) is 0 Å². The fourth-order valence-electron chi connectivity index (χ4n) is 1.47. The molecule has 0 aromatic heterocycles. The first-order valence-electron chi connectivity index (χ1n) is 6.04. The molecule has 0 aliphatic carbocycles. The largest absolute Gasteiger partial charge is 0.430 e. The SMILES string of the molecule is CCC(C)N/C(=C/c1cccc([N+](=O)[O-])c1)C(F)(F)F. The van der Waals surface area contributed by atoms with Crippen molar-refractivity contribution in [3.63, 3.8) is 0 Å². The van der Waals surface area contributed by atoms with Gasteiger partial charge in [0.2, 0.25) is 0 Å². The number of allylic oxidation sites excluding steroid dienone is 1. The van der Waals surface area contributed by atoms with Crippen LogP contribution >= 0.6 is 0 Å². The number of non-ortho nitro benzene ring substituents is 1. The number of nitrogens with zero attached hydrogens (tertiary/aromatic N) is 1. The maximum absolute atomic E-state index is 12.9. The van der Waals surface area contributed by atoms with Crippen LogP contribution in [0.4, 0.5) is 18.9 Å². The van der Waals surface area contributed by atoms with Gasteiger partial charge < -0.3 is 5.32 Å². The molecule has 1 rings (SSSR count). The number of benzene rings is 1. The van der Waals surface area contributed by atoms with Gasteiger partial charge in [0.05, 0.1) is 4.92 Å². The molecule has 1 aromatic carbocycles. The third kappa shape index (κ3) is 4.56. The molecule has 0 spiro atoms. The molecule has 1 atom stereocenters. The highest BCUT2D eigenvalue weighted by atomic mass is 19.4. The lowest BCUT2D eigenvalue weighted by atomic mass is 10.1. The van der Waals surface area contributed by atoms with Crippen LogP contribution in [-0.2, 0) is 0 Å². The van der Waals surface area contributed by atoms with E-state index >= 15 is 0 Å². The lowest BCUT2D eigenvalue weighted by Crippen LogP contribution is -2.32. The Labute approximate surface area is 114 Å². The Kier molecular flexibility index (Phi) is 5.12. The summed E-state index contributed by atoms with van der Waals surface area (Å²) < 4.78 is 38.7. The third-order valence-electron chi connectivity index (χ3n) is 2.71. The van der Waals surface area contributed by atoms with Gasteiger partial charge in [-0.1, -0.05) is 19.1 Å². The van der Waals surface area contributed by atoms with E-state index in [4.69, 9.17) is 0 Å². The van der Waals surface area contributed by atoms with Crippen molar-refractivity contribution in [1.29, 1.82) is 0 Å². The number of alkyl halides is 3. The second-order valence-corrected chi connectivity index (χ2v) is 4.36. The van der Waals surface area contributed by atoms with Gasteiger partial charge in [-0.25, -0.2) is 0 Å².